The van der Waals surface area contributed by atoms with Crippen LogP contribution in [0, 0.1) is 0 Å². The second kappa shape index (κ2) is 4.09. The minimum Gasteiger partial charge on any atom is -0.508 e. The number of aromatic hydroxyl groups is 2. The Hall–Kier alpha value is -2.82. The molecular formula is C15H10O5. The molecule has 0 unspecified atom stereocenters. The summed E-state index contributed by atoms with van der Waals surface area (Å²) in [6.45, 7) is 0. The maximum absolute atomic E-state index is 12.5. The SMILES string of the molecule is COc1cc(O)cc2c1C(=O)c1c(O)cccc1C2=O. The van der Waals surface area contributed by atoms with Crippen LogP contribution < -0.4 is 4.74 Å². The third-order valence-corrected chi connectivity index (χ3v) is 3.29. The quantitative estimate of drug-likeness (QED) is 0.705. The van der Waals surface area contributed by atoms with Gasteiger partial charge in [-0.2, -0.15) is 0 Å². The minimum absolute atomic E-state index is 0.0333. The predicted octanol–water partition coefficient (Wildman–Crippen LogP) is 1.88. The number of carbonyl (C=O) groups is 2. The summed E-state index contributed by atoms with van der Waals surface area (Å²) in [7, 11) is 1.34. The van der Waals surface area contributed by atoms with Crippen LogP contribution in [0.4, 0.5) is 0 Å². The maximum Gasteiger partial charge on any atom is 0.201 e. The lowest BCUT2D eigenvalue weighted by Gasteiger charge is -2.20. The normalized spacial score (nSPS) is 12.8. The molecule has 0 saturated carbocycles. The van der Waals surface area contributed by atoms with E-state index >= 15 is 0 Å². The van der Waals surface area contributed by atoms with Gasteiger partial charge in [-0.15, -0.1) is 0 Å². The Labute approximate surface area is 114 Å². The molecule has 0 atom stereocenters. The van der Waals surface area contributed by atoms with E-state index in [0.717, 1.165) is 0 Å². The van der Waals surface area contributed by atoms with Crippen LogP contribution in [0.25, 0.3) is 0 Å². The van der Waals surface area contributed by atoms with Gasteiger partial charge in [-0.05, 0) is 12.1 Å². The molecule has 0 saturated heterocycles. The van der Waals surface area contributed by atoms with Gasteiger partial charge in [0.1, 0.15) is 17.2 Å². The Kier molecular flexibility index (Phi) is 2.50. The van der Waals surface area contributed by atoms with Crippen LogP contribution in [0.15, 0.2) is 30.3 Å². The van der Waals surface area contributed by atoms with Gasteiger partial charge in [-0.1, -0.05) is 12.1 Å². The van der Waals surface area contributed by atoms with Crippen molar-refractivity contribution in [2.45, 2.75) is 0 Å². The second-order valence-electron chi connectivity index (χ2n) is 4.43. The number of methoxy groups -OCH3 is 1. The zero-order valence-corrected chi connectivity index (χ0v) is 10.5. The standard InChI is InChI=1S/C15H10O5/c1-20-11-6-7(16)5-9-13(11)15(19)12-8(14(9)18)3-2-4-10(12)17/h2-6,16-17H,1H3. The van der Waals surface area contributed by atoms with Crippen molar-refractivity contribution in [2.24, 2.45) is 0 Å². The van der Waals surface area contributed by atoms with Gasteiger partial charge in [0, 0.05) is 17.2 Å². The Morgan fingerprint density at radius 3 is 2.40 bits per heavy atom. The fraction of sp³-hybridized carbons (Fsp3) is 0.0667. The van der Waals surface area contributed by atoms with Gasteiger partial charge in [0.25, 0.3) is 0 Å². The van der Waals surface area contributed by atoms with Crippen molar-refractivity contribution in [1.82, 2.24) is 0 Å². The van der Waals surface area contributed by atoms with Gasteiger partial charge in [-0.3, -0.25) is 9.59 Å². The van der Waals surface area contributed by atoms with E-state index in [2.05, 4.69) is 0 Å². The Morgan fingerprint density at radius 1 is 0.950 bits per heavy atom. The molecule has 0 radical (unpaired) electrons. The average Bonchev–Trinajstić information content (AvgIpc) is 2.43. The van der Waals surface area contributed by atoms with Gasteiger partial charge in [0.05, 0.1) is 18.2 Å². The minimum atomic E-state index is -0.496. The monoisotopic (exact) mass is 270 g/mol. The zero-order valence-electron chi connectivity index (χ0n) is 10.5. The van der Waals surface area contributed by atoms with Crippen LogP contribution >= 0.6 is 0 Å². The van der Waals surface area contributed by atoms with E-state index in [-0.39, 0.29) is 39.5 Å². The molecule has 0 bridgehead atoms. The van der Waals surface area contributed by atoms with Crippen molar-refractivity contribution in [3.05, 3.63) is 52.6 Å². The summed E-state index contributed by atoms with van der Waals surface area (Å²) in [5.41, 5.74) is 0.221. The van der Waals surface area contributed by atoms with Gasteiger partial charge < -0.3 is 14.9 Å². The molecule has 2 aromatic rings. The van der Waals surface area contributed by atoms with Crippen LogP contribution in [-0.4, -0.2) is 28.9 Å². The number of benzene rings is 2. The molecule has 2 N–H and O–H groups in total. The molecule has 0 aromatic heterocycles. The van der Waals surface area contributed by atoms with Gasteiger partial charge in [-0.25, -0.2) is 0 Å². The summed E-state index contributed by atoms with van der Waals surface area (Å²) in [5, 5.41) is 19.4. The molecule has 1 aliphatic carbocycles. The van der Waals surface area contributed by atoms with E-state index in [9.17, 15) is 19.8 Å². The van der Waals surface area contributed by atoms with E-state index in [1.54, 1.807) is 0 Å². The molecule has 0 spiro atoms. The number of hydrogen-bond acceptors (Lipinski definition) is 5. The van der Waals surface area contributed by atoms with Crippen molar-refractivity contribution in [3.8, 4) is 17.2 Å². The predicted molar refractivity (Wildman–Crippen MR) is 69.6 cm³/mol. The highest BCUT2D eigenvalue weighted by atomic mass is 16.5. The van der Waals surface area contributed by atoms with Crippen molar-refractivity contribution < 1.29 is 24.5 Å². The molecule has 2 aromatic carbocycles. The topological polar surface area (TPSA) is 83.8 Å². The Morgan fingerprint density at radius 2 is 1.70 bits per heavy atom. The van der Waals surface area contributed by atoms with Gasteiger partial charge in [0.15, 0.2) is 5.78 Å². The lowest BCUT2D eigenvalue weighted by Crippen LogP contribution is -2.21. The fourth-order valence-corrected chi connectivity index (χ4v) is 2.41. The van der Waals surface area contributed by atoms with E-state index in [0.29, 0.717) is 0 Å². The molecular weight excluding hydrogens is 260 g/mol. The Bertz CT molecular complexity index is 761. The number of hydrogen-bond donors (Lipinski definition) is 2. The average molecular weight is 270 g/mol. The Balaban J connectivity index is 2.38. The van der Waals surface area contributed by atoms with Crippen molar-refractivity contribution >= 4 is 11.6 Å². The molecule has 0 aliphatic heterocycles. The number of rotatable bonds is 1. The van der Waals surface area contributed by atoms with E-state index in [1.165, 1.54) is 37.4 Å². The summed E-state index contributed by atoms with van der Waals surface area (Å²) in [6.07, 6.45) is 0. The van der Waals surface area contributed by atoms with Crippen molar-refractivity contribution in [3.63, 3.8) is 0 Å². The third-order valence-electron chi connectivity index (χ3n) is 3.29. The lowest BCUT2D eigenvalue weighted by atomic mass is 9.83. The largest absolute Gasteiger partial charge is 0.508 e. The zero-order chi connectivity index (χ0) is 14.4. The van der Waals surface area contributed by atoms with Crippen molar-refractivity contribution in [1.29, 1.82) is 0 Å². The highest BCUT2D eigenvalue weighted by Crippen LogP contribution is 2.38. The van der Waals surface area contributed by atoms with Gasteiger partial charge in [0.2, 0.25) is 5.78 Å². The van der Waals surface area contributed by atoms with Crippen LogP contribution in [0.1, 0.15) is 31.8 Å². The molecule has 3 rings (SSSR count). The summed E-state index contributed by atoms with van der Waals surface area (Å²) in [6, 6.07) is 6.79. The molecule has 1 aliphatic rings. The molecule has 100 valence electrons. The summed E-state index contributed by atoms with van der Waals surface area (Å²) in [4.78, 5) is 24.9. The number of ether oxygens (including phenoxy) is 1. The van der Waals surface area contributed by atoms with E-state index < -0.39 is 11.6 Å². The smallest absolute Gasteiger partial charge is 0.201 e. The number of ketones is 2. The summed E-state index contributed by atoms with van der Waals surface area (Å²) >= 11 is 0. The van der Waals surface area contributed by atoms with Crippen LogP contribution in [-0.2, 0) is 0 Å². The first kappa shape index (κ1) is 12.2. The first-order valence-corrected chi connectivity index (χ1v) is 5.87. The number of phenols is 2. The van der Waals surface area contributed by atoms with Crippen LogP contribution in [0.5, 0.6) is 17.2 Å². The maximum atomic E-state index is 12.5. The van der Waals surface area contributed by atoms with Crippen LogP contribution in [0.2, 0.25) is 0 Å². The third kappa shape index (κ3) is 1.50. The number of fused-ring (bicyclic) bond motifs is 2. The van der Waals surface area contributed by atoms with Gasteiger partial charge >= 0.3 is 0 Å². The van der Waals surface area contributed by atoms with E-state index in [1.807, 2.05) is 0 Å². The lowest BCUT2D eigenvalue weighted by molar-refractivity contribution is 0.0974. The fourth-order valence-electron chi connectivity index (χ4n) is 2.41. The molecule has 0 heterocycles. The molecule has 0 fully saturated rings. The first-order chi connectivity index (χ1) is 9.54. The first-order valence-electron chi connectivity index (χ1n) is 5.87. The summed E-state index contributed by atoms with van der Waals surface area (Å²) < 4.78 is 5.05. The molecule has 5 heteroatoms. The molecule has 5 nitrogen and oxygen atoms in total. The van der Waals surface area contributed by atoms with Crippen molar-refractivity contribution in [2.75, 3.05) is 7.11 Å². The summed E-state index contributed by atoms with van der Waals surface area (Å²) in [5.74, 6) is -1.23. The molecule has 20 heavy (non-hydrogen) atoms. The van der Waals surface area contributed by atoms with E-state index in [4.69, 9.17) is 4.74 Å². The highest BCUT2D eigenvalue weighted by molar-refractivity contribution is 6.30. The highest BCUT2D eigenvalue weighted by Gasteiger charge is 2.34. The number of carbonyl (C=O) groups excluding carboxylic acids is 2. The number of phenolic OH excluding ortho intramolecular Hbond substituents is 2. The molecule has 0 amide bonds. The second-order valence-corrected chi connectivity index (χ2v) is 4.43. The van der Waals surface area contributed by atoms with Crippen LogP contribution in [0.3, 0.4) is 0 Å².